The predicted molar refractivity (Wildman–Crippen MR) is 36.9 cm³/mol. The van der Waals surface area contributed by atoms with Crippen LogP contribution in [0.4, 0.5) is 0 Å². The molecular weight excluding hydrogens is 148 g/mol. The molecule has 4 nitrogen and oxygen atoms in total. The first-order chi connectivity index (χ1) is 4.95. The Balaban J connectivity index is 4.05. The molecule has 0 aliphatic rings. The zero-order chi connectivity index (χ0) is 9.02. The highest BCUT2D eigenvalue weighted by atomic mass is 16.5. The molecule has 11 heavy (non-hydrogen) atoms. The fourth-order valence-electron chi connectivity index (χ4n) is 0.411. The molecule has 0 fully saturated rings. The highest BCUT2D eigenvalue weighted by molar-refractivity contribution is 6.61. The minimum absolute atomic E-state index is 0.370. The van der Waals surface area contributed by atoms with Crippen molar-refractivity contribution in [2.75, 3.05) is 0 Å². The molecule has 0 amide bonds. The van der Waals surface area contributed by atoms with Crippen LogP contribution >= 0.6 is 0 Å². The molecule has 0 saturated heterocycles. The van der Waals surface area contributed by atoms with E-state index in [9.17, 15) is 14.4 Å². The van der Waals surface area contributed by atoms with Crippen molar-refractivity contribution >= 4 is 17.5 Å². The van der Waals surface area contributed by atoms with Gasteiger partial charge in [0, 0.05) is 6.92 Å². The van der Waals surface area contributed by atoms with Crippen molar-refractivity contribution in [3.63, 3.8) is 0 Å². The highest BCUT2D eigenvalue weighted by Gasteiger charge is 2.20. The van der Waals surface area contributed by atoms with Crippen molar-refractivity contribution < 1.29 is 19.1 Å². The molecule has 0 aliphatic heterocycles. The van der Waals surface area contributed by atoms with E-state index in [0.717, 1.165) is 6.92 Å². The molecule has 62 valence electrons. The van der Waals surface area contributed by atoms with E-state index in [1.807, 2.05) is 0 Å². The lowest BCUT2D eigenvalue weighted by Crippen LogP contribution is -2.26. The SMILES string of the molecule is CC(=O)C(=O)C(=O)OC(C)C. The average Bonchev–Trinajstić information content (AvgIpc) is 1.84. The third kappa shape index (κ3) is 3.50. The van der Waals surface area contributed by atoms with Gasteiger partial charge < -0.3 is 4.74 Å². The van der Waals surface area contributed by atoms with Gasteiger partial charge in [0.15, 0.2) is 0 Å². The normalized spacial score (nSPS) is 9.45. The van der Waals surface area contributed by atoms with Gasteiger partial charge in [-0.2, -0.15) is 0 Å². The standard InChI is InChI=1S/C7H10O4/c1-4(2)11-7(10)6(9)5(3)8/h4H,1-3H3. The van der Waals surface area contributed by atoms with Crippen molar-refractivity contribution in [1.82, 2.24) is 0 Å². The van der Waals surface area contributed by atoms with E-state index < -0.39 is 17.5 Å². The summed E-state index contributed by atoms with van der Waals surface area (Å²) in [7, 11) is 0. The maximum atomic E-state index is 10.6. The van der Waals surface area contributed by atoms with E-state index in [4.69, 9.17) is 0 Å². The fraction of sp³-hybridized carbons (Fsp3) is 0.571. The highest BCUT2D eigenvalue weighted by Crippen LogP contribution is 1.90. The van der Waals surface area contributed by atoms with E-state index in [1.54, 1.807) is 13.8 Å². The molecular formula is C7H10O4. The fourth-order valence-corrected chi connectivity index (χ4v) is 0.411. The number of ether oxygens (including phenoxy) is 1. The molecule has 0 aromatic rings. The van der Waals surface area contributed by atoms with Crippen LogP contribution in [0.5, 0.6) is 0 Å². The molecule has 0 atom stereocenters. The summed E-state index contributed by atoms with van der Waals surface area (Å²) in [6.45, 7) is 4.24. The summed E-state index contributed by atoms with van der Waals surface area (Å²) in [6, 6.07) is 0. The lowest BCUT2D eigenvalue weighted by molar-refractivity contribution is -0.158. The number of rotatable bonds is 3. The minimum atomic E-state index is -1.10. The summed E-state index contributed by atoms with van der Waals surface area (Å²) in [4.78, 5) is 31.5. The number of hydrogen-bond donors (Lipinski definition) is 0. The van der Waals surface area contributed by atoms with Crippen molar-refractivity contribution in [3.8, 4) is 0 Å². The van der Waals surface area contributed by atoms with E-state index in [-0.39, 0.29) is 6.10 Å². The Hall–Kier alpha value is -1.19. The molecule has 0 spiro atoms. The Morgan fingerprint density at radius 2 is 1.64 bits per heavy atom. The topological polar surface area (TPSA) is 60.4 Å². The molecule has 0 saturated carbocycles. The second-order valence-corrected chi connectivity index (χ2v) is 2.34. The molecule has 0 aromatic carbocycles. The summed E-state index contributed by atoms with van der Waals surface area (Å²) in [5.74, 6) is -2.97. The second-order valence-electron chi connectivity index (χ2n) is 2.34. The van der Waals surface area contributed by atoms with Crippen molar-refractivity contribution in [1.29, 1.82) is 0 Å². The predicted octanol–water partition coefficient (Wildman–Crippen LogP) is 0.0961. The van der Waals surface area contributed by atoms with Gasteiger partial charge >= 0.3 is 11.8 Å². The van der Waals surface area contributed by atoms with Gasteiger partial charge in [-0.1, -0.05) is 0 Å². The van der Waals surface area contributed by atoms with Gasteiger partial charge in [0.2, 0.25) is 5.78 Å². The Kier molecular flexibility index (Phi) is 3.44. The van der Waals surface area contributed by atoms with Crippen LogP contribution in [0.2, 0.25) is 0 Å². The van der Waals surface area contributed by atoms with Gasteiger partial charge in [-0.3, -0.25) is 9.59 Å². The molecule has 0 rings (SSSR count). The molecule has 0 N–H and O–H groups in total. The minimum Gasteiger partial charge on any atom is -0.457 e. The third-order valence-corrected chi connectivity index (χ3v) is 0.848. The van der Waals surface area contributed by atoms with E-state index in [1.165, 1.54) is 0 Å². The molecule has 0 aliphatic carbocycles. The largest absolute Gasteiger partial charge is 0.457 e. The van der Waals surface area contributed by atoms with Crippen LogP contribution in [-0.2, 0) is 19.1 Å². The van der Waals surface area contributed by atoms with Crippen LogP contribution in [0.3, 0.4) is 0 Å². The summed E-state index contributed by atoms with van der Waals surface area (Å²) in [5.41, 5.74) is 0. The van der Waals surface area contributed by atoms with Gasteiger partial charge in [-0.05, 0) is 13.8 Å². The summed E-state index contributed by atoms with van der Waals surface area (Å²) >= 11 is 0. The van der Waals surface area contributed by atoms with E-state index >= 15 is 0 Å². The van der Waals surface area contributed by atoms with Crippen LogP contribution in [0, 0.1) is 0 Å². The number of esters is 1. The van der Waals surface area contributed by atoms with E-state index in [2.05, 4.69) is 4.74 Å². The first kappa shape index (κ1) is 9.81. The van der Waals surface area contributed by atoms with Crippen molar-refractivity contribution in [2.24, 2.45) is 0 Å². The van der Waals surface area contributed by atoms with Gasteiger partial charge in [0.1, 0.15) is 0 Å². The van der Waals surface area contributed by atoms with Crippen LogP contribution in [0.1, 0.15) is 20.8 Å². The smallest absolute Gasteiger partial charge is 0.383 e. The number of ketones is 2. The first-order valence-corrected chi connectivity index (χ1v) is 3.21. The first-order valence-electron chi connectivity index (χ1n) is 3.21. The maximum Gasteiger partial charge on any atom is 0.383 e. The van der Waals surface area contributed by atoms with Crippen LogP contribution < -0.4 is 0 Å². The number of hydrogen-bond acceptors (Lipinski definition) is 4. The summed E-state index contributed by atoms with van der Waals surface area (Å²) < 4.78 is 4.46. The second kappa shape index (κ2) is 3.85. The van der Waals surface area contributed by atoms with Crippen molar-refractivity contribution in [2.45, 2.75) is 26.9 Å². The molecule has 4 heteroatoms. The van der Waals surface area contributed by atoms with Crippen LogP contribution in [-0.4, -0.2) is 23.6 Å². The lowest BCUT2D eigenvalue weighted by Gasteiger charge is -2.04. The Morgan fingerprint density at radius 1 is 1.18 bits per heavy atom. The number of carbonyl (C=O) groups is 3. The van der Waals surface area contributed by atoms with Gasteiger partial charge in [-0.15, -0.1) is 0 Å². The monoisotopic (exact) mass is 158 g/mol. The number of carbonyl (C=O) groups excluding carboxylic acids is 3. The van der Waals surface area contributed by atoms with Gasteiger partial charge in [-0.25, -0.2) is 4.79 Å². The Morgan fingerprint density at radius 3 is 1.91 bits per heavy atom. The Labute approximate surface area is 64.5 Å². The van der Waals surface area contributed by atoms with Crippen molar-refractivity contribution in [3.05, 3.63) is 0 Å². The molecule has 0 aromatic heterocycles. The molecule has 0 radical (unpaired) electrons. The van der Waals surface area contributed by atoms with E-state index in [0.29, 0.717) is 0 Å². The maximum absolute atomic E-state index is 10.6. The van der Waals surface area contributed by atoms with Gasteiger partial charge in [0.25, 0.3) is 0 Å². The lowest BCUT2D eigenvalue weighted by atomic mass is 10.3. The average molecular weight is 158 g/mol. The zero-order valence-corrected chi connectivity index (χ0v) is 6.71. The summed E-state index contributed by atoms with van der Waals surface area (Å²) in [5, 5.41) is 0. The Bertz CT molecular complexity index is 193. The van der Waals surface area contributed by atoms with Crippen LogP contribution in [0.15, 0.2) is 0 Å². The summed E-state index contributed by atoms with van der Waals surface area (Å²) in [6.07, 6.45) is -0.370. The van der Waals surface area contributed by atoms with Crippen LogP contribution in [0.25, 0.3) is 0 Å². The molecule has 0 bridgehead atoms. The molecule has 0 heterocycles. The third-order valence-electron chi connectivity index (χ3n) is 0.848. The zero-order valence-electron chi connectivity index (χ0n) is 6.71. The number of Topliss-reactive ketones (excluding diaryl/α,β-unsaturated/α-hetero) is 2. The quantitative estimate of drug-likeness (QED) is 0.332. The van der Waals surface area contributed by atoms with Gasteiger partial charge in [0.05, 0.1) is 6.10 Å². The molecule has 0 unspecified atom stereocenters.